The average Bonchev–Trinajstić information content (AvgIpc) is 3.36. The second-order valence-electron chi connectivity index (χ2n) is 6.65. The maximum atomic E-state index is 11.9. The van der Waals surface area contributed by atoms with Crippen molar-refractivity contribution in [1.82, 2.24) is 20.5 Å². The van der Waals surface area contributed by atoms with Gasteiger partial charge >= 0.3 is 0 Å². The second-order valence-corrected chi connectivity index (χ2v) is 7.68. The fraction of sp³-hybridized carbons (Fsp3) is 0.421. The number of aliphatic imine (C=N–C) groups is 1. The van der Waals surface area contributed by atoms with Crippen LogP contribution in [0.5, 0.6) is 0 Å². The molecule has 2 aromatic rings. The monoisotopic (exact) mass is 386 g/mol. The highest BCUT2D eigenvalue weighted by Gasteiger charge is 2.24. The maximum Gasteiger partial charge on any atom is 0.243 e. The van der Waals surface area contributed by atoms with Crippen molar-refractivity contribution in [2.45, 2.75) is 19.0 Å². The molecule has 1 atom stereocenters. The van der Waals surface area contributed by atoms with Gasteiger partial charge in [-0.1, -0.05) is 12.1 Å². The summed E-state index contributed by atoms with van der Waals surface area (Å²) in [5.74, 6) is 1.65. The molecule has 144 valence electrons. The summed E-state index contributed by atoms with van der Waals surface area (Å²) in [4.78, 5) is 25.9. The van der Waals surface area contributed by atoms with E-state index in [1.165, 1.54) is 4.88 Å². The highest BCUT2D eigenvalue weighted by molar-refractivity contribution is 7.09. The molecule has 0 radical (unpaired) electrons. The van der Waals surface area contributed by atoms with E-state index in [4.69, 9.17) is 0 Å². The van der Waals surface area contributed by atoms with Crippen molar-refractivity contribution < 1.29 is 4.79 Å². The predicted octanol–water partition coefficient (Wildman–Crippen LogP) is 1.55. The molecule has 0 spiro atoms. The normalized spacial score (nSPS) is 17.0. The number of rotatable bonds is 6. The SMILES string of the molecule is CN(C)C(=O)CN=C(NCc1cccs1)NC1CCN(c2ccccn2)C1. The summed E-state index contributed by atoms with van der Waals surface area (Å²) in [6, 6.07) is 10.3. The van der Waals surface area contributed by atoms with Gasteiger partial charge in [0.15, 0.2) is 5.96 Å². The summed E-state index contributed by atoms with van der Waals surface area (Å²) < 4.78 is 0. The quantitative estimate of drug-likeness (QED) is 0.582. The molecule has 3 heterocycles. The number of carbonyl (C=O) groups is 1. The topological polar surface area (TPSA) is 72.9 Å². The van der Waals surface area contributed by atoms with Gasteiger partial charge in [0, 0.05) is 44.3 Å². The maximum absolute atomic E-state index is 11.9. The van der Waals surface area contributed by atoms with E-state index < -0.39 is 0 Å². The summed E-state index contributed by atoms with van der Waals surface area (Å²) in [7, 11) is 3.48. The fourth-order valence-corrected chi connectivity index (χ4v) is 3.49. The third kappa shape index (κ3) is 5.68. The van der Waals surface area contributed by atoms with Crippen LogP contribution in [0.4, 0.5) is 5.82 Å². The highest BCUT2D eigenvalue weighted by atomic mass is 32.1. The Morgan fingerprint density at radius 1 is 1.37 bits per heavy atom. The highest BCUT2D eigenvalue weighted by Crippen LogP contribution is 2.17. The number of pyridine rings is 1. The summed E-state index contributed by atoms with van der Waals surface area (Å²) in [6.07, 6.45) is 2.82. The van der Waals surface area contributed by atoms with Crippen molar-refractivity contribution in [3.05, 3.63) is 46.8 Å². The number of nitrogens with one attached hydrogen (secondary N) is 2. The molecule has 27 heavy (non-hydrogen) atoms. The van der Waals surface area contributed by atoms with Crippen molar-refractivity contribution in [3.63, 3.8) is 0 Å². The summed E-state index contributed by atoms with van der Waals surface area (Å²) in [5.41, 5.74) is 0. The molecule has 8 heteroatoms. The third-order valence-corrected chi connectivity index (χ3v) is 5.26. The number of nitrogens with zero attached hydrogens (tertiary/aromatic N) is 4. The fourth-order valence-electron chi connectivity index (χ4n) is 2.85. The molecule has 0 aromatic carbocycles. The Bertz CT molecular complexity index is 747. The van der Waals surface area contributed by atoms with E-state index >= 15 is 0 Å². The van der Waals surface area contributed by atoms with Crippen LogP contribution in [0.3, 0.4) is 0 Å². The van der Waals surface area contributed by atoms with E-state index in [9.17, 15) is 4.79 Å². The number of amides is 1. The molecule has 1 unspecified atom stereocenters. The molecule has 1 saturated heterocycles. The Kier molecular flexibility index (Phi) is 6.64. The number of likely N-dealkylation sites (N-methyl/N-ethyl adjacent to an activating group) is 1. The zero-order valence-corrected chi connectivity index (χ0v) is 16.6. The lowest BCUT2D eigenvalue weighted by Gasteiger charge is -2.20. The number of anilines is 1. The van der Waals surface area contributed by atoms with Crippen molar-refractivity contribution >= 4 is 29.0 Å². The lowest BCUT2D eigenvalue weighted by atomic mass is 10.3. The zero-order valence-electron chi connectivity index (χ0n) is 15.8. The van der Waals surface area contributed by atoms with Crippen LogP contribution in [0.25, 0.3) is 0 Å². The molecule has 2 N–H and O–H groups in total. The number of aromatic nitrogens is 1. The van der Waals surface area contributed by atoms with Crippen LogP contribution >= 0.6 is 11.3 Å². The van der Waals surface area contributed by atoms with E-state index in [0.717, 1.165) is 25.3 Å². The molecule has 3 rings (SSSR count). The predicted molar refractivity (Wildman–Crippen MR) is 110 cm³/mol. The minimum atomic E-state index is -0.0197. The zero-order chi connectivity index (χ0) is 19.1. The van der Waals surface area contributed by atoms with Gasteiger partial charge in [0.05, 0.1) is 6.54 Å². The Morgan fingerprint density at radius 3 is 2.96 bits per heavy atom. The smallest absolute Gasteiger partial charge is 0.243 e. The van der Waals surface area contributed by atoms with E-state index in [-0.39, 0.29) is 18.5 Å². The van der Waals surface area contributed by atoms with Crippen LogP contribution in [0.15, 0.2) is 46.9 Å². The van der Waals surface area contributed by atoms with Crippen LogP contribution in [-0.4, -0.2) is 61.5 Å². The van der Waals surface area contributed by atoms with Crippen molar-refractivity contribution in [1.29, 1.82) is 0 Å². The van der Waals surface area contributed by atoms with E-state index in [1.54, 1.807) is 30.3 Å². The summed E-state index contributed by atoms with van der Waals surface area (Å²) >= 11 is 1.70. The number of guanidine groups is 1. The number of carbonyl (C=O) groups excluding carboxylic acids is 1. The van der Waals surface area contributed by atoms with E-state index in [2.05, 4.69) is 37.0 Å². The number of hydrogen-bond acceptors (Lipinski definition) is 5. The molecule has 1 aliphatic heterocycles. The van der Waals surface area contributed by atoms with Gasteiger partial charge in [-0.3, -0.25) is 4.79 Å². The molecule has 0 saturated carbocycles. The molecule has 7 nitrogen and oxygen atoms in total. The molecular weight excluding hydrogens is 360 g/mol. The summed E-state index contributed by atoms with van der Waals surface area (Å²) in [5, 5.41) is 8.87. The van der Waals surface area contributed by atoms with Gasteiger partial charge in [0.25, 0.3) is 0 Å². The first-order chi connectivity index (χ1) is 13.1. The first-order valence-electron chi connectivity index (χ1n) is 9.05. The van der Waals surface area contributed by atoms with Gasteiger partial charge in [-0.2, -0.15) is 0 Å². The Morgan fingerprint density at radius 2 is 2.26 bits per heavy atom. The minimum absolute atomic E-state index is 0.0197. The Balaban J connectivity index is 1.60. The van der Waals surface area contributed by atoms with Gasteiger partial charge in [-0.15, -0.1) is 11.3 Å². The Hall–Kier alpha value is -2.61. The van der Waals surface area contributed by atoms with Crippen molar-refractivity contribution in [2.75, 3.05) is 38.6 Å². The van der Waals surface area contributed by atoms with Gasteiger partial charge in [0.1, 0.15) is 12.4 Å². The molecule has 1 fully saturated rings. The third-order valence-electron chi connectivity index (χ3n) is 4.38. The molecule has 1 aliphatic rings. The Labute approximate surface area is 164 Å². The van der Waals surface area contributed by atoms with Crippen LogP contribution in [0.1, 0.15) is 11.3 Å². The van der Waals surface area contributed by atoms with Gasteiger partial charge in [-0.25, -0.2) is 9.98 Å². The van der Waals surface area contributed by atoms with Gasteiger partial charge < -0.3 is 20.4 Å². The van der Waals surface area contributed by atoms with Crippen LogP contribution in [0.2, 0.25) is 0 Å². The number of hydrogen-bond donors (Lipinski definition) is 2. The molecule has 2 aromatic heterocycles. The largest absolute Gasteiger partial charge is 0.354 e. The van der Waals surface area contributed by atoms with Gasteiger partial charge in [0.2, 0.25) is 5.91 Å². The first kappa shape index (κ1) is 19.2. The molecular formula is C19H26N6OS. The van der Waals surface area contributed by atoms with E-state index in [0.29, 0.717) is 12.5 Å². The van der Waals surface area contributed by atoms with Gasteiger partial charge in [-0.05, 0) is 30.0 Å². The van der Waals surface area contributed by atoms with E-state index in [1.807, 2.05) is 30.5 Å². The second kappa shape index (κ2) is 9.36. The molecule has 0 aliphatic carbocycles. The lowest BCUT2D eigenvalue weighted by molar-refractivity contribution is -0.127. The van der Waals surface area contributed by atoms with Crippen LogP contribution < -0.4 is 15.5 Å². The first-order valence-corrected chi connectivity index (χ1v) is 9.93. The standard InChI is InChI=1S/C19H26N6OS/c1-24(2)18(26)13-22-19(21-12-16-6-5-11-27-16)23-15-8-10-25(14-15)17-7-3-4-9-20-17/h3-7,9,11,15H,8,10,12-14H2,1-2H3,(H2,21,22,23). The van der Waals surface area contributed by atoms with Crippen molar-refractivity contribution in [2.24, 2.45) is 4.99 Å². The summed E-state index contributed by atoms with van der Waals surface area (Å²) in [6.45, 7) is 2.63. The van der Waals surface area contributed by atoms with Crippen LogP contribution in [0, 0.1) is 0 Å². The van der Waals surface area contributed by atoms with Crippen molar-refractivity contribution in [3.8, 4) is 0 Å². The lowest BCUT2D eigenvalue weighted by Crippen LogP contribution is -2.45. The molecule has 0 bridgehead atoms. The average molecular weight is 387 g/mol. The number of thiophene rings is 1. The minimum Gasteiger partial charge on any atom is -0.354 e. The molecule has 1 amide bonds. The van der Waals surface area contributed by atoms with Crippen LogP contribution in [-0.2, 0) is 11.3 Å².